The third-order valence-electron chi connectivity index (χ3n) is 3.53. The van der Waals surface area contributed by atoms with Crippen molar-refractivity contribution in [2.75, 3.05) is 19.7 Å². The van der Waals surface area contributed by atoms with Gasteiger partial charge in [0.15, 0.2) is 0 Å². The van der Waals surface area contributed by atoms with Crippen LogP contribution in [0.25, 0.3) is 0 Å². The maximum Gasteiger partial charge on any atom is 0.251 e. The molecule has 0 aromatic heterocycles. The monoisotopic (exact) mass is 212 g/mol. The van der Waals surface area contributed by atoms with Gasteiger partial charge < -0.3 is 15.4 Å². The van der Waals surface area contributed by atoms with Crippen molar-refractivity contribution in [2.24, 2.45) is 11.7 Å². The number of hydrogen-bond donors (Lipinski definition) is 1. The van der Waals surface area contributed by atoms with E-state index in [0.717, 1.165) is 32.4 Å². The fraction of sp³-hybridized carbons (Fsp3) is 0.909. The number of ether oxygens (including phenoxy) is 1. The van der Waals surface area contributed by atoms with Gasteiger partial charge in [-0.05, 0) is 25.2 Å². The first kappa shape index (κ1) is 10.9. The summed E-state index contributed by atoms with van der Waals surface area (Å²) in [6.45, 7) is 4.42. The summed E-state index contributed by atoms with van der Waals surface area (Å²) in [5.74, 6) is 0.674. The summed E-state index contributed by atoms with van der Waals surface area (Å²) in [6, 6.07) is 0.129. The van der Waals surface area contributed by atoms with Crippen LogP contribution in [0.4, 0.5) is 0 Å². The molecule has 2 rings (SSSR count). The van der Waals surface area contributed by atoms with Crippen LogP contribution in [0.15, 0.2) is 0 Å². The van der Waals surface area contributed by atoms with Crippen LogP contribution in [0.5, 0.6) is 0 Å². The van der Waals surface area contributed by atoms with Crippen molar-refractivity contribution in [1.82, 2.24) is 4.90 Å². The Labute approximate surface area is 90.8 Å². The normalized spacial score (nSPS) is 36.9. The van der Waals surface area contributed by atoms with Gasteiger partial charge in [0.25, 0.3) is 5.91 Å². The highest BCUT2D eigenvalue weighted by molar-refractivity contribution is 5.81. The Morgan fingerprint density at radius 2 is 2.27 bits per heavy atom. The summed E-state index contributed by atoms with van der Waals surface area (Å²) in [7, 11) is 0. The maximum absolute atomic E-state index is 12.0. The molecule has 2 saturated heterocycles. The molecule has 0 saturated carbocycles. The molecule has 0 bridgehead atoms. The van der Waals surface area contributed by atoms with Crippen molar-refractivity contribution in [3.8, 4) is 0 Å². The lowest BCUT2D eigenvalue weighted by Crippen LogP contribution is -2.52. The fourth-order valence-electron chi connectivity index (χ4n) is 2.28. The molecule has 2 aliphatic rings. The average Bonchev–Trinajstić information content (AvgIpc) is 2.74. The van der Waals surface area contributed by atoms with Gasteiger partial charge in [-0.2, -0.15) is 0 Å². The molecule has 2 N–H and O–H groups in total. The van der Waals surface area contributed by atoms with Gasteiger partial charge in [-0.3, -0.25) is 4.79 Å². The standard InChI is InChI=1S/C11H20N2O2/c1-8-4-5-13(7-9(8)12)11(14)10-3-2-6-15-10/h8-10H,2-7,12H2,1H3. The van der Waals surface area contributed by atoms with Gasteiger partial charge in [0.1, 0.15) is 6.10 Å². The van der Waals surface area contributed by atoms with Crippen molar-refractivity contribution in [3.05, 3.63) is 0 Å². The SMILES string of the molecule is CC1CCN(C(=O)C2CCCO2)CC1N. The third-order valence-corrected chi connectivity index (χ3v) is 3.53. The van der Waals surface area contributed by atoms with Crippen LogP contribution < -0.4 is 5.73 Å². The van der Waals surface area contributed by atoms with Gasteiger partial charge in [-0.15, -0.1) is 0 Å². The van der Waals surface area contributed by atoms with E-state index in [0.29, 0.717) is 12.5 Å². The molecule has 3 unspecified atom stereocenters. The van der Waals surface area contributed by atoms with Crippen molar-refractivity contribution >= 4 is 5.91 Å². The van der Waals surface area contributed by atoms with Crippen LogP contribution in [0, 0.1) is 5.92 Å². The molecule has 86 valence electrons. The van der Waals surface area contributed by atoms with Gasteiger partial charge in [-0.25, -0.2) is 0 Å². The summed E-state index contributed by atoms with van der Waals surface area (Å²) in [5.41, 5.74) is 5.97. The first-order valence-electron chi connectivity index (χ1n) is 5.84. The molecule has 0 aromatic rings. The summed E-state index contributed by atoms with van der Waals surface area (Å²) in [5, 5.41) is 0. The Morgan fingerprint density at radius 3 is 2.87 bits per heavy atom. The van der Waals surface area contributed by atoms with Gasteiger partial charge in [-0.1, -0.05) is 6.92 Å². The molecule has 0 radical (unpaired) electrons. The summed E-state index contributed by atoms with van der Waals surface area (Å²) in [4.78, 5) is 13.9. The molecule has 0 aromatic carbocycles. The number of carbonyl (C=O) groups is 1. The number of rotatable bonds is 1. The zero-order chi connectivity index (χ0) is 10.8. The topological polar surface area (TPSA) is 55.6 Å². The predicted molar refractivity (Wildman–Crippen MR) is 57.3 cm³/mol. The molecule has 15 heavy (non-hydrogen) atoms. The zero-order valence-corrected chi connectivity index (χ0v) is 9.32. The molecule has 2 fully saturated rings. The molecule has 4 heteroatoms. The largest absolute Gasteiger partial charge is 0.368 e. The second-order valence-corrected chi connectivity index (χ2v) is 4.72. The van der Waals surface area contributed by atoms with Crippen LogP contribution in [-0.4, -0.2) is 42.6 Å². The van der Waals surface area contributed by atoms with Crippen molar-refractivity contribution in [1.29, 1.82) is 0 Å². The number of nitrogens with zero attached hydrogens (tertiary/aromatic N) is 1. The molecular formula is C11H20N2O2. The molecule has 4 nitrogen and oxygen atoms in total. The van der Waals surface area contributed by atoms with Crippen LogP contribution in [0.3, 0.4) is 0 Å². The lowest BCUT2D eigenvalue weighted by Gasteiger charge is -2.36. The van der Waals surface area contributed by atoms with E-state index in [1.807, 2.05) is 4.90 Å². The highest BCUT2D eigenvalue weighted by Crippen LogP contribution is 2.20. The van der Waals surface area contributed by atoms with Gasteiger partial charge in [0, 0.05) is 25.7 Å². The second-order valence-electron chi connectivity index (χ2n) is 4.72. The quantitative estimate of drug-likeness (QED) is 0.683. The zero-order valence-electron chi connectivity index (χ0n) is 9.32. The molecule has 0 aliphatic carbocycles. The molecule has 0 spiro atoms. The van der Waals surface area contributed by atoms with E-state index in [1.165, 1.54) is 0 Å². The maximum atomic E-state index is 12.0. The molecule has 1 amide bonds. The lowest BCUT2D eigenvalue weighted by molar-refractivity contribution is -0.142. The third kappa shape index (κ3) is 2.32. The number of nitrogens with two attached hydrogens (primary N) is 1. The van der Waals surface area contributed by atoms with E-state index in [9.17, 15) is 4.79 Å². The number of hydrogen-bond acceptors (Lipinski definition) is 3. The summed E-state index contributed by atoms with van der Waals surface area (Å²) < 4.78 is 5.40. The summed E-state index contributed by atoms with van der Waals surface area (Å²) in [6.07, 6.45) is 2.71. The van der Waals surface area contributed by atoms with E-state index in [2.05, 4.69) is 6.92 Å². The smallest absolute Gasteiger partial charge is 0.251 e. The Balaban J connectivity index is 1.90. The Kier molecular flexibility index (Phi) is 3.26. The van der Waals surface area contributed by atoms with E-state index in [-0.39, 0.29) is 18.1 Å². The highest BCUT2D eigenvalue weighted by atomic mass is 16.5. The minimum atomic E-state index is -0.189. The fourth-order valence-corrected chi connectivity index (χ4v) is 2.28. The Hall–Kier alpha value is -0.610. The Morgan fingerprint density at radius 1 is 1.47 bits per heavy atom. The number of piperidine rings is 1. The van der Waals surface area contributed by atoms with E-state index in [1.54, 1.807) is 0 Å². The van der Waals surface area contributed by atoms with Crippen molar-refractivity contribution in [3.63, 3.8) is 0 Å². The highest BCUT2D eigenvalue weighted by Gasteiger charge is 2.32. The van der Waals surface area contributed by atoms with Crippen LogP contribution in [0.2, 0.25) is 0 Å². The number of carbonyl (C=O) groups excluding carboxylic acids is 1. The van der Waals surface area contributed by atoms with Crippen LogP contribution in [-0.2, 0) is 9.53 Å². The van der Waals surface area contributed by atoms with E-state index < -0.39 is 0 Å². The minimum Gasteiger partial charge on any atom is -0.368 e. The number of amides is 1. The first-order valence-corrected chi connectivity index (χ1v) is 5.84. The van der Waals surface area contributed by atoms with E-state index in [4.69, 9.17) is 10.5 Å². The molecule has 3 atom stereocenters. The minimum absolute atomic E-state index is 0.129. The molecular weight excluding hydrogens is 192 g/mol. The van der Waals surface area contributed by atoms with Gasteiger partial charge in [0.2, 0.25) is 0 Å². The molecule has 2 heterocycles. The van der Waals surface area contributed by atoms with Crippen LogP contribution in [0.1, 0.15) is 26.2 Å². The molecule has 2 aliphatic heterocycles. The van der Waals surface area contributed by atoms with E-state index >= 15 is 0 Å². The Bertz CT molecular complexity index is 239. The number of likely N-dealkylation sites (tertiary alicyclic amines) is 1. The van der Waals surface area contributed by atoms with Crippen molar-refractivity contribution < 1.29 is 9.53 Å². The average molecular weight is 212 g/mol. The van der Waals surface area contributed by atoms with Crippen molar-refractivity contribution in [2.45, 2.75) is 38.3 Å². The second kappa shape index (κ2) is 4.49. The first-order chi connectivity index (χ1) is 7.18. The predicted octanol–water partition coefficient (Wildman–Crippen LogP) is 0.361. The summed E-state index contributed by atoms with van der Waals surface area (Å²) >= 11 is 0. The van der Waals surface area contributed by atoms with Crippen LogP contribution >= 0.6 is 0 Å². The van der Waals surface area contributed by atoms with Gasteiger partial charge in [0.05, 0.1) is 0 Å². The lowest BCUT2D eigenvalue weighted by atomic mass is 9.94. The van der Waals surface area contributed by atoms with Gasteiger partial charge >= 0.3 is 0 Å².